The maximum Gasteiger partial charge on any atom is 0.238 e. The SMILES string of the molecule is CC1(CN)CCN(CC(=O)Nc2ccccc2Br)C1.Cl. The van der Waals surface area contributed by atoms with Crippen LogP contribution in [0.1, 0.15) is 13.3 Å². The fourth-order valence-corrected chi connectivity index (χ4v) is 2.77. The topological polar surface area (TPSA) is 58.4 Å². The molecule has 112 valence electrons. The van der Waals surface area contributed by atoms with E-state index < -0.39 is 0 Å². The second kappa shape index (κ2) is 7.41. The average molecular weight is 363 g/mol. The number of halogens is 2. The van der Waals surface area contributed by atoms with Crippen molar-refractivity contribution in [3.63, 3.8) is 0 Å². The normalized spacial score (nSPS) is 22.4. The fraction of sp³-hybridized carbons (Fsp3) is 0.500. The number of carbonyl (C=O) groups is 1. The van der Waals surface area contributed by atoms with Gasteiger partial charge in [-0.05, 0) is 53.0 Å². The van der Waals surface area contributed by atoms with Gasteiger partial charge in [0.25, 0.3) is 0 Å². The number of para-hydroxylation sites is 1. The number of amides is 1. The molecule has 2 rings (SSSR count). The Kier molecular flexibility index (Phi) is 6.45. The predicted octanol–water partition coefficient (Wildman–Crippen LogP) is 2.48. The minimum Gasteiger partial charge on any atom is -0.330 e. The zero-order valence-corrected chi connectivity index (χ0v) is 14.0. The molecule has 1 aliphatic heterocycles. The number of carbonyl (C=O) groups excluding carboxylic acids is 1. The highest BCUT2D eigenvalue weighted by molar-refractivity contribution is 9.10. The van der Waals surface area contributed by atoms with Gasteiger partial charge in [0, 0.05) is 11.0 Å². The summed E-state index contributed by atoms with van der Waals surface area (Å²) in [4.78, 5) is 14.2. The number of nitrogens with two attached hydrogens (primary N) is 1. The summed E-state index contributed by atoms with van der Waals surface area (Å²) in [7, 11) is 0. The van der Waals surface area contributed by atoms with E-state index in [-0.39, 0.29) is 23.7 Å². The van der Waals surface area contributed by atoms with Gasteiger partial charge in [-0.2, -0.15) is 0 Å². The number of likely N-dealkylation sites (tertiary alicyclic amines) is 1. The average Bonchev–Trinajstić information content (AvgIpc) is 2.74. The molecule has 20 heavy (non-hydrogen) atoms. The van der Waals surface area contributed by atoms with Crippen LogP contribution in [0, 0.1) is 5.41 Å². The molecule has 1 unspecified atom stereocenters. The molecule has 6 heteroatoms. The summed E-state index contributed by atoms with van der Waals surface area (Å²) in [6.45, 7) is 5.12. The molecule has 0 radical (unpaired) electrons. The smallest absolute Gasteiger partial charge is 0.238 e. The van der Waals surface area contributed by atoms with Gasteiger partial charge in [0.2, 0.25) is 5.91 Å². The summed E-state index contributed by atoms with van der Waals surface area (Å²) >= 11 is 3.42. The van der Waals surface area contributed by atoms with Gasteiger partial charge in [-0.25, -0.2) is 0 Å². The van der Waals surface area contributed by atoms with E-state index in [4.69, 9.17) is 5.73 Å². The van der Waals surface area contributed by atoms with Crippen LogP contribution in [0.4, 0.5) is 5.69 Å². The Bertz CT molecular complexity index is 471. The number of nitrogens with one attached hydrogen (secondary N) is 1. The maximum atomic E-state index is 12.0. The monoisotopic (exact) mass is 361 g/mol. The first-order valence-corrected chi connectivity index (χ1v) is 7.28. The molecule has 1 amide bonds. The van der Waals surface area contributed by atoms with E-state index in [1.807, 2.05) is 24.3 Å². The summed E-state index contributed by atoms with van der Waals surface area (Å²) < 4.78 is 0.900. The van der Waals surface area contributed by atoms with Crippen molar-refractivity contribution in [2.24, 2.45) is 11.1 Å². The Hall–Kier alpha value is -0.620. The summed E-state index contributed by atoms with van der Waals surface area (Å²) in [5.41, 5.74) is 6.74. The first kappa shape index (κ1) is 17.4. The molecule has 0 saturated carbocycles. The number of hydrogen-bond acceptors (Lipinski definition) is 3. The van der Waals surface area contributed by atoms with Crippen LogP contribution in [0.3, 0.4) is 0 Å². The second-order valence-electron chi connectivity index (χ2n) is 5.50. The Labute approximate surface area is 134 Å². The number of benzene rings is 1. The lowest BCUT2D eigenvalue weighted by molar-refractivity contribution is -0.117. The van der Waals surface area contributed by atoms with Crippen LogP contribution in [-0.4, -0.2) is 37.0 Å². The summed E-state index contributed by atoms with van der Waals surface area (Å²) in [5.74, 6) is 0.0215. The third kappa shape index (κ3) is 4.45. The van der Waals surface area contributed by atoms with Gasteiger partial charge < -0.3 is 11.1 Å². The third-order valence-electron chi connectivity index (χ3n) is 3.64. The Balaban J connectivity index is 0.00000200. The van der Waals surface area contributed by atoms with Gasteiger partial charge in [0.1, 0.15) is 0 Å². The largest absolute Gasteiger partial charge is 0.330 e. The van der Waals surface area contributed by atoms with E-state index in [1.54, 1.807) is 0 Å². The molecule has 0 aliphatic carbocycles. The van der Waals surface area contributed by atoms with Gasteiger partial charge in [-0.15, -0.1) is 12.4 Å². The molecule has 3 N–H and O–H groups in total. The van der Waals surface area contributed by atoms with Crippen LogP contribution in [0.2, 0.25) is 0 Å². The van der Waals surface area contributed by atoms with Crippen molar-refractivity contribution in [2.75, 3.05) is 31.5 Å². The van der Waals surface area contributed by atoms with Crippen molar-refractivity contribution in [3.8, 4) is 0 Å². The highest BCUT2D eigenvalue weighted by atomic mass is 79.9. The first-order valence-electron chi connectivity index (χ1n) is 6.49. The zero-order valence-electron chi connectivity index (χ0n) is 11.6. The lowest BCUT2D eigenvalue weighted by Crippen LogP contribution is -2.35. The number of anilines is 1. The highest BCUT2D eigenvalue weighted by Crippen LogP contribution is 2.28. The number of nitrogens with zero attached hydrogens (tertiary/aromatic N) is 1. The van der Waals surface area contributed by atoms with Crippen molar-refractivity contribution in [3.05, 3.63) is 28.7 Å². The molecule has 1 heterocycles. The Morgan fingerprint density at radius 2 is 2.20 bits per heavy atom. The summed E-state index contributed by atoms with van der Waals surface area (Å²) in [6.07, 6.45) is 1.06. The van der Waals surface area contributed by atoms with E-state index in [0.717, 1.165) is 29.7 Å². The van der Waals surface area contributed by atoms with Crippen molar-refractivity contribution in [1.82, 2.24) is 4.90 Å². The molecule has 4 nitrogen and oxygen atoms in total. The molecule has 0 spiro atoms. The molecule has 1 fully saturated rings. The quantitative estimate of drug-likeness (QED) is 0.865. The van der Waals surface area contributed by atoms with Crippen LogP contribution < -0.4 is 11.1 Å². The van der Waals surface area contributed by atoms with Gasteiger partial charge in [0.05, 0.1) is 12.2 Å². The van der Waals surface area contributed by atoms with Crippen LogP contribution in [0.25, 0.3) is 0 Å². The molecule has 1 atom stereocenters. The van der Waals surface area contributed by atoms with Crippen molar-refractivity contribution < 1.29 is 4.79 Å². The van der Waals surface area contributed by atoms with Crippen molar-refractivity contribution >= 4 is 39.9 Å². The van der Waals surface area contributed by atoms with Gasteiger partial charge in [-0.3, -0.25) is 9.69 Å². The number of rotatable bonds is 4. The Morgan fingerprint density at radius 1 is 1.50 bits per heavy atom. The van der Waals surface area contributed by atoms with E-state index in [1.165, 1.54) is 0 Å². The third-order valence-corrected chi connectivity index (χ3v) is 4.34. The highest BCUT2D eigenvalue weighted by Gasteiger charge is 2.33. The minimum atomic E-state index is 0. The molecular formula is C14H21BrClN3O. The maximum absolute atomic E-state index is 12.0. The fourth-order valence-electron chi connectivity index (χ4n) is 2.38. The van der Waals surface area contributed by atoms with Gasteiger partial charge in [-0.1, -0.05) is 19.1 Å². The Morgan fingerprint density at radius 3 is 2.80 bits per heavy atom. The number of hydrogen-bond donors (Lipinski definition) is 2. The molecule has 1 aromatic rings. The standard InChI is InChI=1S/C14H20BrN3O.ClH/c1-14(9-16)6-7-18(10-14)8-13(19)17-12-5-3-2-4-11(12)15;/h2-5H,6-10,16H2,1H3,(H,17,19);1H. The van der Waals surface area contributed by atoms with E-state index >= 15 is 0 Å². The van der Waals surface area contributed by atoms with Gasteiger partial charge in [0.15, 0.2) is 0 Å². The first-order chi connectivity index (χ1) is 9.02. The lowest BCUT2D eigenvalue weighted by Gasteiger charge is -2.22. The summed E-state index contributed by atoms with van der Waals surface area (Å²) in [6, 6.07) is 7.63. The minimum absolute atomic E-state index is 0. The molecule has 0 aromatic heterocycles. The van der Waals surface area contributed by atoms with E-state index in [2.05, 4.69) is 33.1 Å². The van der Waals surface area contributed by atoms with Crippen LogP contribution in [-0.2, 0) is 4.79 Å². The van der Waals surface area contributed by atoms with Crippen LogP contribution in [0.15, 0.2) is 28.7 Å². The molecule has 1 aromatic carbocycles. The summed E-state index contributed by atoms with van der Waals surface area (Å²) in [5, 5.41) is 2.92. The van der Waals surface area contributed by atoms with E-state index in [9.17, 15) is 4.79 Å². The molecule has 1 saturated heterocycles. The molecular weight excluding hydrogens is 342 g/mol. The van der Waals surface area contributed by atoms with Gasteiger partial charge >= 0.3 is 0 Å². The zero-order chi connectivity index (χ0) is 13.9. The van der Waals surface area contributed by atoms with Crippen LogP contribution in [0.5, 0.6) is 0 Å². The molecule has 0 bridgehead atoms. The van der Waals surface area contributed by atoms with Crippen molar-refractivity contribution in [2.45, 2.75) is 13.3 Å². The van der Waals surface area contributed by atoms with E-state index in [0.29, 0.717) is 13.1 Å². The lowest BCUT2D eigenvalue weighted by atomic mass is 9.90. The predicted molar refractivity (Wildman–Crippen MR) is 88.2 cm³/mol. The van der Waals surface area contributed by atoms with Crippen LogP contribution >= 0.6 is 28.3 Å². The second-order valence-corrected chi connectivity index (χ2v) is 6.36. The molecule has 1 aliphatic rings. The van der Waals surface area contributed by atoms with Crippen molar-refractivity contribution in [1.29, 1.82) is 0 Å².